The molecule has 0 spiro atoms. The standard InChI is InChI=1S/C20H19N5O/c1-26-20-16(21)11-15(12-23-20)18-17(13-7-9-22-10-8-13)24-19(25-18)14-5-3-2-4-6-14/h2-11,15H,12,21H2,1H3,(H,24,25). The lowest BCUT2D eigenvalue weighted by Gasteiger charge is -2.18. The van der Waals surface area contributed by atoms with Gasteiger partial charge in [-0.2, -0.15) is 0 Å². The molecule has 1 aliphatic heterocycles. The van der Waals surface area contributed by atoms with E-state index >= 15 is 0 Å². The summed E-state index contributed by atoms with van der Waals surface area (Å²) in [4.78, 5) is 16.9. The maximum Gasteiger partial charge on any atom is 0.231 e. The Kier molecular flexibility index (Phi) is 4.23. The first-order valence-corrected chi connectivity index (χ1v) is 8.38. The van der Waals surface area contributed by atoms with E-state index in [1.165, 1.54) is 0 Å². The minimum atomic E-state index is 0.00188. The molecular formula is C20H19N5O. The molecule has 6 nitrogen and oxygen atoms in total. The van der Waals surface area contributed by atoms with E-state index in [-0.39, 0.29) is 5.92 Å². The molecule has 0 saturated carbocycles. The van der Waals surface area contributed by atoms with E-state index in [0.717, 1.165) is 28.3 Å². The van der Waals surface area contributed by atoms with Gasteiger partial charge < -0.3 is 15.5 Å². The zero-order chi connectivity index (χ0) is 17.9. The Bertz CT molecular complexity index is 960. The summed E-state index contributed by atoms with van der Waals surface area (Å²) >= 11 is 0. The molecular weight excluding hydrogens is 326 g/mol. The minimum absolute atomic E-state index is 0.00188. The lowest BCUT2D eigenvalue weighted by Crippen LogP contribution is -2.21. The predicted octanol–water partition coefficient (Wildman–Crippen LogP) is 3.12. The third-order valence-corrected chi connectivity index (χ3v) is 4.36. The molecule has 1 aromatic carbocycles. The van der Waals surface area contributed by atoms with Crippen molar-refractivity contribution in [1.82, 2.24) is 15.0 Å². The van der Waals surface area contributed by atoms with Gasteiger partial charge in [0.1, 0.15) is 5.82 Å². The number of ether oxygens (including phenoxy) is 1. The van der Waals surface area contributed by atoms with Gasteiger partial charge >= 0.3 is 0 Å². The summed E-state index contributed by atoms with van der Waals surface area (Å²) in [5.74, 6) is 1.30. The van der Waals surface area contributed by atoms with Crippen molar-refractivity contribution in [2.24, 2.45) is 10.7 Å². The van der Waals surface area contributed by atoms with Crippen molar-refractivity contribution in [2.45, 2.75) is 5.92 Å². The Morgan fingerprint density at radius 3 is 2.54 bits per heavy atom. The third-order valence-electron chi connectivity index (χ3n) is 4.36. The smallest absolute Gasteiger partial charge is 0.231 e. The largest absolute Gasteiger partial charge is 0.480 e. The fourth-order valence-corrected chi connectivity index (χ4v) is 3.09. The summed E-state index contributed by atoms with van der Waals surface area (Å²) < 4.78 is 5.20. The fourth-order valence-electron chi connectivity index (χ4n) is 3.09. The molecule has 2 aromatic heterocycles. The number of dihydropyridines is 1. The van der Waals surface area contributed by atoms with Crippen LogP contribution in [-0.2, 0) is 4.74 Å². The van der Waals surface area contributed by atoms with E-state index in [9.17, 15) is 0 Å². The highest BCUT2D eigenvalue weighted by Gasteiger charge is 2.24. The highest BCUT2D eigenvalue weighted by Crippen LogP contribution is 2.32. The number of aliphatic imine (C=N–C) groups is 1. The number of aromatic nitrogens is 3. The second-order valence-electron chi connectivity index (χ2n) is 6.03. The van der Waals surface area contributed by atoms with E-state index in [1.807, 2.05) is 48.5 Å². The molecule has 0 saturated heterocycles. The van der Waals surface area contributed by atoms with Gasteiger partial charge in [0.25, 0.3) is 0 Å². The van der Waals surface area contributed by atoms with E-state index < -0.39 is 0 Å². The zero-order valence-electron chi connectivity index (χ0n) is 14.4. The Balaban J connectivity index is 1.81. The van der Waals surface area contributed by atoms with Gasteiger partial charge in [-0.3, -0.25) is 4.98 Å². The average Bonchev–Trinajstić information content (AvgIpc) is 3.15. The van der Waals surface area contributed by atoms with E-state index in [4.69, 9.17) is 15.5 Å². The van der Waals surface area contributed by atoms with Crippen LogP contribution in [0.4, 0.5) is 0 Å². The van der Waals surface area contributed by atoms with Gasteiger partial charge in [0.05, 0.1) is 30.7 Å². The number of rotatable bonds is 3. The topological polar surface area (TPSA) is 89.2 Å². The van der Waals surface area contributed by atoms with Crippen molar-refractivity contribution >= 4 is 5.90 Å². The lowest BCUT2D eigenvalue weighted by atomic mass is 9.98. The number of nitrogens with one attached hydrogen (secondary N) is 1. The Morgan fingerprint density at radius 1 is 1.08 bits per heavy atom. The van der Waals surface area contributed by atoms with Crippen LogP contribution in [0.25, 0.3) is 22.6 Å². The number of hydrogen-bond acceptors (Lipinski definition) is 5. The van der Waals surface area contributed by atoms with E-state index in [2.05, 4.69) is 15.0 Å². The number of nitrogens with two attached hydrogens (primary N) is 1. The predicted molar refractivity (Wildman–Crippen MR) is 102 cm³/mol. The molecule has 0 amide bonds. The molecule has 0 fully saturated rings. The van der Waals surface area contributed by atoms with Crippen LogP contribution in [0.5, 0.6) is 0 Å². The number of nitrogens with zero attached hydrogens (tertiary/aromatic N) is 3. The van der Waals surface area contributed by atoms with Crippen LogP contribution in [0.3, 0.4) is 0 Å². The van der Waals surface area contributed by atoms with Crippen LogP contribution < -0.4 is 5.73 Å². The number of imidazole rings is 1. The molecule has 26 heavy (non-hydrogen) atoms. The van der Waals surface area contributed by atoms with Gasteiger partial charge in [0.15, 0.2) is 0 Å². The second-order valence-corrected chi connectivity index (χ2v) is 6.03. The first kappa shape index (κ1) is 16.1. The van der Waals surface area contributed by atoms with Crippen LogP contribution in [-0.4, -0.2) is 34.5 Å². The molecule has 3 heterocycles. The summed E-state index contributed by atoms with van der Waals surface area (Å²) in [6, 6.07) is 14.0. The minimum Gasteiger partial charge on any atom is -0.480 e. The van der Waals surface area contributed by atoms with Crippen molar-refractivity contribution in [1.29, 1.82) is 0 Å². The average molecular weight is 345 g/mol. The molecule has 1 unspecified atom stereocenters. The van der Waals surface area contributed by atoms with Crippen LogP contribution in [0.15, 0.2) is 71.6 Å². The summed E-state index contributed by atoms with van der Waals surface area (Å²) in [6.45, 7) is 0.554. The first-order valence-electron chi connectivity index (χ1n) is 8.38. The number of methoxy groups -OCH3 is 1. The van der Waals surface area contributed by atoms with Gasteiger partial charge in [0.2, 0.25) is 5.90 Å². The van der Waals surface area contributed by atoms with Crippen molar-refractivity contribution in [2.75, 3.05) is 13.7 Å². The van der Waals surface area contributed by atoms with Crippen molar-refractivity contribution in [3.63, 3.8) is 0 Å². The molecule has 0 radical (unpaired) electrons. The van der Waals surface area contributed by atoms with Crippen molar-refractivity contribution in [3.8, 4) is 22.6 Å². The first-order chi connectivity index (χ1) is 12.8. The van der Waals surface area contributed by atoms with Crippen molar-refractivity contribution in [3.05, 3.63) is 72.3 Å². The number of pyridine rings is 1. The SMILES string of the molecule is COC1=NCC(c2[nH]c(-c3ccccc3)nc2-c2ccncc2)C=C1N. The normalized spacial score (nSPS) is 16.7. The molecule has 130 valence electrons. The van der Waals surface area contributed by atoms with Gasteiger partial charge in [-0.05, 0) is 18.2 Å². The number of benzene rings is 1. The number of hydrogen-bond donors (Lipinski definition) is 2. The zero-order valence-corrected chi connectivity index (χ0v) is 14.4. The Hall–Kier alpha value is -3.41. The van der Waals surface area contributed by atoms with E-state index in [1.54, 1.807) is 19.5 Å². The molecule has 3 N–H and O–H groups in total. The third kappa shape index (κ3) is 2.97. The molecule has 1 aliphatic rings. The van der Waals surface area contributed by atoms with Gasteiger partial charge in [-0.15, -0.1) is 0 Å². The van der Waals surface area contributed by atoms with Gasteiger partial charge in [-0.1, -0.05) is 30.3 Å². The highest BCUT2D eigenvalue weighted by molar-refractivity contribution is 5.93. The highest BCUT2D eigenvalue weighted by atomic mass is 16.5. The maximum atomic E-state index is 6.08. The summed E-state index contributed by atoms with van der Waals surface area (Å²) in [5, 5.41) is 0. The quantitative estimate of drug-likeness (QED) is 0.763. The van der Waals surface area contributed by atoms with Gasteiger partial charge in [-0.25, -0.2) is 9.98 Å². The van der Waals surface area contributed by atoms with Crippen LogP contribution in [0.1, 0.15) is 11.6 Å². The summed E-state index contributed by atoms with van der Waals surface area (Å²) in [5.41, 5.74) is 10.5. The van der Waals surface area contributed by atoms with Crippen molar-refractivity contribution < 1.29 is 4.74 Å². The maximum absolute atomic E-state index is 6.08. The fraction of sp³-hybridized carbons (Fsp3) is 0.150. The summed E-state index contributed by atoms with van der Waals surface area (Å²) in [6.07, 6.45) is 5.50. The van der Waals surface area contributed by atoms with Crippen LogP contribution in [0.2, 0.25) is 0 Å². The van der Waals surface area contributed by atoms with Crippen LogP contribution in [0, 0.1) is 0 Å². The molecule has 1 atom stereocenters. The summed E-state index contributed by atoms with van der Waals surface area (Å²) in [7, 11) is 1.58. The Morgan fingerprint density at radius 2 is 1.85 bits per heavy atom. The molecule has 0 bridgehead atoms. The van der Waals surface area contributed by atoms with Gasteiger partial charge in [0, 0.05) is 29.4 Å². The molecule has 0 aliphatic carbocycles. The van der Waals surface area contributed by atoms with E-state index in [0.29, 0.717) is 18.1 Å². The molecule has 4 rings (SSSR count). The van der Waals surface area contributed by atoms with Crippen LogP contribution >= 0.6 is 0 Å². The lowest BCUT2D eigenvalue weighted by molar-refractivity contribution is 0.398. The molecule has 6 heteroatoms. The molecule has 3 aromatic rings. The number of H-pyrrole nitrogens is 1. The second kappa shape index (κ2) is 6.84. The Labute approximate surface area is 151 Å². The number of aromatic amines is 1. The monoisotopic (exact) mass is 345 g/mol.